The van der Waals surface area contributed by atoms with Gasteiger partial charge in [0.25, 0.3) is 0 Å². The number of hydrogen-bond acceptors (Lipinski definition) is 5. The minimum absolute atomic E-state index is 0.596. The van der Waals surface area contributed by atoms with Crippen molar-refractivity contribution >= 4 is 28.5 Å². The molecule has 0 aliphatic carbocycles. The zero-order chi connectivity index (χ0) is 22.1. The number of H-pyrrole nitrogens is 1. The van der Waals surface area contributed by atoms with Gasteiger partial charge in [-0.05, 0) is 32.0 Å². The van der Waals surface area contributed by atoms with Crippen molar-refractivity contribution in [3.8, 4) is 5.75 Å². The van der Waals surface area contributed by atoms with Gasteiger partial charge in [-0.2, -0.15) is 0 Å². The van der Waals surface area contributed by atoms with Crippen molar-refractivity contribution < 1.29 is 14.6 Å². The van der Waals surface area contributed by atoms with Crippen molar-refractivity contribution in [1.82, 2.24) is 19.8 Å². The first-order valence-corrected chi connectivity index (χ1v) is 10.7. The van der Waals surface area contributed by atoms with Crippen LogP contribution in [0.15, 0.2) is 30.6 Å². The molecule has 1 aliphatic rings. The number of aryl methyl sites for hydroxylation is 1. The quantitative estimate of drug-likeness (QED) is 0.604. The Morgan fingerprint density at radius 3 is 2.71 bits per heavy atom. The molecule has 3 aromatic rings. The topological polar surface area (TPSA) is 81.7 Å². The third-order valence-corrected chi connectivity index (χ3v) is 6.33. The summed E-state index contributed by atoms with van der Waals surface area (Å²) in [4.78, 5) is 24.3. The number of carbonyl (C=O) groups is 1. The van der Waals surface area contributed by atoms with Crippen LogP contribution in [0.5, 0.6) is 5.75 Å². The van der Waals surface area contributed by atoms with E-state index in [0.29, 0.717) is 18.1 Å². The molecule has 1 fully saturated rings. The van der Waals surface area contributed by atoms with Gasteiger partial charge < -0.3 is 14.8 Å². The Balaban J connectivity index is 1.49. The predicted octanol–water partition coefficient (Wildman–Crippen LogP) is 3.79. The first-order valence-electron chi connectivity index (χ1n) is 10.3. The number of carboxylic acids is 1. The molecule has 3 heterocycles. The van der Waals surface area contributed by atoms with Crippen molar-refractivity contribution in [2.24, 2.45) is 0 Å². The van der Waals surface area contributed by atoms with Crippen LogP contribution in [0.1, 0.15) is 28.4 Å². The lowest BCUT2D eigenvalue weighted by molar-refractivity contribution is -0.144. The third kappa shape index (κ3) is 4.26. The number of methoxy groups -OCH3 is 1. The molecule has 7 nitrogen and oxygen atoms in total. The molecule has 0 radical (unpaired) electrons. The van der Waals surface area contributed by atoms with Gasteiger partial charge in [-0.25, -0.2) is 0 Å². The van der Waals surface area contributed by atoms with Gasteiger partial charge in [0.05, 0.1) is 12.8 Å². The summed E-state index contributed by atoms with van der Waals surface area (Å²) in [6, 6.07) is 4.79. The molecule has 0 spiro atoms. The van der Waals surface area contributed by atoms with Crippen molar-refractivity contribution in [2.75, 3.05) is 33.3 Å². The largest absolute Gasteiger partial charge is 0.496 e. The molecule has 1 aliphatic heterocycles. The number of pyridine rings is 1. The van der Waals surface area contributed by atoms with Crippen LogP contribution < -0.4 is 4.74 Å². The summed E-state index contributed by atoms with van der Waals surface area (Å²) >= 11 is 6.16. The number of nitrogens with zero attached hydrogens (tertiary/aromatic N) is 3. The lowest BCUT2D eigenvalue weighted by atomic mass is 10.0. The number of hydrogen-bond donors (Lipinski definition) is 2. The minimum Gasteiger partial charge on any atom is -0.496 e. The highest BCUT2D eigenvalue weighted by atomic mass is 35.5. The van der Waals surface area contributed by atoms with E-state index in [2.05, 4.69) is 14.9 Å². The summed E-state index contributed by atoms with van der Waals surface area (Å²) in [5, 5.41) is 11.5. The van der Waals surface area contributed by atoms with Gasteiger partial charge in [0, 0.05) is 77.7 Å². The Labute approximate surface area is 186 Å². The van der Waals surface area contributed by atoms with E-state index < -0.39 is 12.0 Å². The summed E-state index contributed by atoms with van der Waals surface area (Å²) in [6.45, 7) is 7.60. The second-order valence-corrected chi connectivity index (χ2v) is 8.47. The first-order chi connectivity index (χ1) is 14.9. The van der Waals surface area contributed by atoms with Crippen LogP contribution in [0.2, 0.25) is 5.02 Å². The van der Waals surface area contributed by atoms with E-state index in [1.165, 1.54) is 0 Å². The zero-order valence-electron chi connectivity index (χ0n) is 18.0. The molecule has 2 N–H and O–H groups in total. The standard InChI is InChI=1S/C23H27ClN4O3/c1-14-11-25-20(15(2)22(14)31-3)13-27-6-8-28(9-7-27)21(23(29)30)18-12-26-19-5-4-16(24)10-17(18)19/h4-5,10-12,21,26H,6-9,13H2,1-3H3,(H,29,30). The van der Waals surface area contributed by atoms with Crippen LogP contribution in [0.3, 0.4) is 0 Å². The summed E-state index contributed by atoms with van der Waals surface area (Å²) < 4.78 is 5.52. The highest BCUT2D eigenvalue weighted by Gasteiger charge is 2.32. The molecule has 0 saturated carbocycles. The number of benzene rings is 1. The number of rotatable bonds is 6. The van der Waals surface area contributed by atoms with E-state index >= 15 is 0 Å². The van der Waals surface area contributed by atoms with Gasteiger partial charge in [0.15, 0.2) is 0 Å². The number of ether oxygens (including phenoxy) is 1. The molecule has 31 heavy (non-hydrogen) atoms. The van der Waals surface area contributed by atoms with Crippen LogP contribution in [0.25, 0.3) is 10.9 Å². The van der Waals surface area contributed by atoms with E-state index in [1.807, 2.05) is 37.1 Å². The van der Waals surface area contributed by atoms with Crippen molar-refractivity contribution in [3.63, 3.8) is 0 Å². The smallest absolute Gasteiger partial charge is 0.325 e. The van der Waals surface area contributed by atoms with E-state index in [9.17, 15) is 9.90 Å². The van der Waals surface area contributed by atoms with E-state index in [1.54, 1.807) is 19.4 Å². The molecule has 0 amide bonds. The SMILES string of the molecule is COc1c(C)cnc(CN2CCN(C(C(=O)O)c3c[nH]c4ccc(Cl)cc34)CC2)c1C. The summed E-state index contributed by atoms with van der Waals surface area (Å²) in [5.41, 5.74) is 4.72. The highest BCUT2D eigenvalue weighted by molar-refractivity contribution is 6.31. The highest BCUT2D eigenvalue weighted by Crippen LogP contribution is 2.31. The maximum absolute atomic E-state index is 12.2. The molecule has 1 aromatic carbocycles. The van der Waals surface area contributed by atoms with Crippen LogP contribution in [-0.4, -0.2) is 64.1 Å². The van der Waals surface area contributed by atoms with Crippen LogP contribution >= 0.6 is 11.6 Å². The number of aromatic amines is 1. The number of fused-ring (bicyclic) bond motifs is 1. The Morgan fingerprint density at radius 1 is 1.29 bits per heavy atom. The van der Waals surface area contributed by atoms with Gasteiger partial charge in [0.2, 0.25) is 0 Å². The van der Waals surface area contributed by atoms with Crippen molar-refractivity contribution in [1.29, 1.82) is 0 Å². The second-order valence-electron chi connectivity index (χ2n) is 8.03. The Kier molecular flexibility index (Phi) is 6.18. The van der Waals surface area contributed by atoms with Gasteiger partial charge in [-0.1, -0.05) is 11.6 Å². The monoisotopic (exact) mass is 442 g/mol. The number of halogens is 1. The molecule has 1 atom stereocenters. The van der Waals surface area contributed by atoms with Gasteiger partial charge in [0.1, 0.15) is 11.8 Å². The Morgan fingerprint density at radius 2 is 2.03 bits per heavy atom. The maximum atomic E-state index is 12.2. The molecule has 164 valence electrons. The molecule has 8 heteroatoms. The Hall–Kier alpha value is -2.61. The number of carboxylic acid groups (broad SMARTS) is 1. The summed E-state index contributed by atoms with van der Waals surface area (Å²) in [6.07, 6.45) is 3.64. The molecule has 4 rings (SSSR count). The fourth-order valence-electron chi connectivity index (χ4n) is 4.45. The molecule has 1 saturated heterocycles. The number of piperazine rings is 1. The average molecular weight is 443 g/mol. The predicted molar refractivity (Wildman–Crippen MR) is 121 cm³/mol. The van der Waals surface area contributed by atoms with Crippen molar-refractivity contribution in [3.05, 3.63) is 58.0 Å². The molecule has 0 bridgehead atoms. The average Bonchev–Trinajstić information content (AvgIpc) is 3.14. The molecular weight excluding hydrogens is 416 g/mol. The maximum Gasteiger partial charge on any atom is 0.325 e. The summed E-state index contributed by atoms with van der Waals surface area (Å²) in [7, 11) is 1.68. The van der Waals surface area contributed by atoms with Gasteiger partial charge in [-0.15, -0.1) is 0 Å². The number of aliphatic carboxylic acids is 1. The second kappa shape index (κ2) is 8.86. The summed E-state index contributed by atoms with van der Waals surface area (Å²) in [5.74, 6) is 0.0303. The van der Waals surface area contributed by atoms with Crippen LogP contribution in [-0.2, 0) is 11.3 Å². The van der Waals surface area contributed by atoms with Gasteiger partial charge in [-0.3, -0.25) is 19.6 Å². The molecule has 1 unspecified atom stereocenters. The lowest BCUT2D eigenvalue weighted by Crippen LogP contribution is -2.49. The van der Waals surface area contributed by atoms with E-state index in [-0.39, 0.29) is 0 Å². The van der Waals surface area contributed by atoms with Crippen LogP contribution in [0, 0.1) is 13.8 Å². The van der Waals surface area contributed by atoms with Crippen molar-refractivity contribution in [2.45, 2.75) is 26.4 Å². The number of nitrogens with one attached hydrogen (secondary N) is 1. The Bertz CT molecular complexity index is 1110. The van der Waals surface area contributed by atoms with Crippen LogP contribution in [0.4, 0.5) is 0 Å². The fourth-order valence-corrected chi connectivity index (χ4v) is 4.62. The first kappa shape index (κ1) is 21.6. The lowest BCUT2D eigenvalue weighted by Gasteiger charge is -2.37. The van der Waals surface area contributed by atoms with Gasteiger partial charge >= 0.3 is 5.97 Å². The van der Waals surface area contributed by atoms with E-state index in [0.717, 1.165) is 58.7 Å². The zero-order valence-corrected chi connectivity index (χ0v) is 18.7. The minimum atomic E-state index is -0.852. The fraction of sp³-hybridized carbons (Fsp3) is 0.391. The van der Waals surface area contributed by atoms with E-state index in [4.69, 9.17) is 16.3 Å². The number of aromatic nitrogens is 2. The molecular formula is C23H27ClN4O3. The third-order valence-electron chi connectivity index (χ3n) is 6.10. The normalized spacial score (nSPS) is 16.5. The molecule has 2 aromatic heterocycles.